The molecule has 0 saturated carbocycles. The molecule has 0 atom stereocenters. The summed E-state index contributed by atoms with van der Waals surface area (Å²) in [7, 11) is 0. The van der Waals surface area contributed by atoms with Gasteiger partial charge in [0.05, 0.1) is 12.3 Å². The second kappa shape index (κ2) is 7.89. The Morgan fingerprint density at radius 1 is 1.27 bits per heavy atom. The number of nitrogens with zero attached hydrogens (tertiary/aromatic N) is 1. The van der Waals surface area contributed by atoms with E-state index < -0.39 is 11.6 Å². The lowest BCUT2D eigenvalue weighted by Gasteiger charge is -2.38. The molecule has 1 aromatic carbocycles. The summed E-state index contributed by atoms with van der Waals surface area (Å²) in [6.45, 7) is 9.28. The lowest BCUT2D eigenvalue weighted by Crippen LogP contribution is -2.54. The molecule has 0 bridgehead atoms. The Morgan fingerprint density at radius 3 is 2.58 bits per heavy atom. The second-order valence-electron chi connectivity index (χ2n) is 7.37. The first kappa shape index (κ1) is 19.9. The summed E-state index contributed by atoms with van der Waals surface area (Å²) < 4.78 is 11.0. The van der Waals surface area contributed by atoms with Crippen molar-refractivity contribution in [3.8, 4) is 5.75 Å². The highest BCUT2D eigenvalue weighted by Gasteiger charge is 2.42. The van der Waals surface area contributed by atoms with Crippen molar-refractivity contribution in [3.05, 3.63) is 23.8 Å². The van der Waals surface area contributed by atoms with E-state index in [2.05, 4.69) is 0 Å². The van der Waals surface area contributed by atoms with Gasteiger partial charge >= 0.3 is 5.97 Å². The van der Waals surface area contributed by atoms with Crippen molar-refractivity contribution in [2.75, 3.05) is 18.1 Å². The summed E-state index contributed by atoms with van der Waals surface area (Å²) in [5.74, 6) is 0.0404. The summed E-state index contributed by atoms with van der Waals surface area (Å²) in [5, 5.41) is 0. The van der Waals surface area contributed by atoms with Crippen LogP contribution >= 0.6 is 0 Å². The van der Waals surface area contributed by atoms with Crippen LogP contribution in [0.2, 0.25) is 0 Å². The van der Waals surface area contributed by atoms with Gasteiger partial charge in [0.25, 0.3) is 5.91 Å². The summed E-state index contributed by atoms with van der Waals surface area (Å²) in [5.41, 5.74) is -0.184. The fraction of sp³-hybridized carbons (Fsp3) is 0.550. The Kier molecular flexibility index (Phi) is 6.05. The number of ketones is 1. The average Bonchev–Trinajstić information content (AvgIpc) is 2.57. The molecule has 1 amide bonds. The van der Waals surface area contributed by atoms with Crippen LogP contribution in [0.25, 0.3) is 0 Å². The number of esters is 1. The topological polar surface area (TPSA) is 72.9 Å². The van der Waals surface area contributed by atoms with E-state index in [1.165, 1.54) is 4.90 Å². The molecule has 0 aliphatic carbocycles. The van der Waals surface area contributed by atoms with Gasteiger partial charge in [-0.1, -0.05) is 20.8 Å². The number of hydrogen-bond acceptors (Lipinski definition) is 5. The van der Waals surface area contributed by atoms with Crippen LogP contribution in [0.5, 0.6) is 5.75 Å². The predicted octanol–water partition coefficient (Wildman–Crippen LogP) is 3.37. The van der Waals surface area contributed by atoms with E-state index >= 15 is 0 Å². The van der Waals surface area contributed by atoms with Crippen LogP contribution in [0, 0.1) is 5.92 Å². The second-order valence-corrected chi connectivity index (χ2v) is 7.37. The third-order valence-corrected chi connectivity index (χ3v) is 4.26. The number of rotatable bonds is 7. The van der Waals surface area contributed by atoms with Gasteiger partial charge in [0.1, 0.15) is 12.3 Å². The molecular formula is C20H27NO5. The lowest BCUT2D eigenvalue weighted by atomic mass is 10.0. The molecule has 1 aliphatic heterocycles. The zero-order chi connectivity index (χ0) is 19.5. The van der Waals surface area contributed by atoms with E-state index in [1.807, 2.05) is 13.8 Å². The van der Waals surface area contributed by atoms with Crippen LogP contribution in [0.4, 0.5) is 5.69 Å². The molecule has 0 aromatic heterocycles. The van der Waals surface area contributed by atoms with E-state index in [0.29, 0.717) is 35.9 Å². The Hall–Kier alpha value is -2.37. The minimum Gasteiger partial charge on any atom is -0.476 e. The maximum absolute atomic E-state index is 12.8. The number of hydrogen-bond donors (Lipinski definition) is 0. The molecule has 142 valence electrons. The molecule has 0 fully saturated rings. The minimum absolute atomic E-state index is 0.0375. The van der Waals surface area contributed by atoms with Crippen molar-refractivity contribution in [1.82, 2.24) is 0 Å². The van der Waals surface area contributed by atoms with Crippen molar-refractivity contribution in [2.24, 2.45) is 5.92 Å². The van der Waals surface area contributed by atoms with Crippen LogP contribution < -0.4 is 9.64 Å². The Balaban J connectivity index is 2.27. The van der Waals surface area contributed by atoms with Gasteiger partial charge in [0.2, 0.25) is 0 Å². The highest BCUT2D eigenvalue weighted by molar-refractivity contribution is 6.06. The number of fused-ring (bicyclic) bond motifs is 1. The van der Waals surface area contributed by atoms with Gasteiger partial charge in [0.15, 0.2) is 11.4 Å². The third kappa shape index (κ3) is 4.42. The van der Waals surface area contributed by atoms with Crippen LogP contribution in [-0.2, 0) is 14.3 Å². The van der Waals surface area contributed by atoms with E-state index in [1.54, 1.807) is 39.0 Å². The number of carbonyl (C=O) groups is 3. The quantitative estimate of drug-likeness (QED) is 0.550. The third-order valence-electron chi connectivity index (χ3n) is 4.26. The minimum atomic E-state index is -1.10. The molecule has 26 heavy (non-hydrogen) atoms. The highest BCUT2D eigenvalue weighted by Crippen LogP contribution is 2.38. The first-order valence-corrected chi connectivity index (χ1v) is 8.99. The van der Waals surface area contributed by atoms with Crippen LogP contribution in [0.1, 0.15) is 57.8 Å². The summed E-state index contributed by atoms with van der Waals surface area (Å²) in [4.78, 5) is 38.4. The Bertz CT molecular complexity index is 708. The molecule has 0 spiro atoms. The maximum Gasteiger partial charge on any atom is 0.326 e. The van der Waals surface area contributed by atoms with Gasteiger partial charge in [-0.25, -0.2) is 0 Å². The van der Waals surface area contributed by atoms with Crippen molar-refractivity contribution in [3.63, 3.8) is 0 Å². The first-order chi connectivity index (χ1) is 12.2. The number of ether oxygens (including phenoxy) is 2. The maximum atomic E-state index is 12.8. The van der Waals surface area contributed by atoms with Crippen LogP contribution in [-0.4, -0.2) is 36.4 Å². The standard InChI is InChI=1S/C20H27NO5/c1-6-16(22)14-7-8-17-15(11-14)21(19(24)20(4,5)26-17)12-18(23)25-10-9-13(2)3/h7-8,11,13H,6,9-10,12H2,1-5H3. The Labute approximate surface area is 154 Å². The smallest absolute Gasteiger partial charge is 0.326 e. The van der Waals surface area contributed by atoms with Crippen molar-refractivity contribution >= 4 is 23.3 Å². The largest absolute Gasteiger partial charge is 0.476 e. The van der Waals surface area contributed by atoms with E-state index in [9.17, 15) is 14.4 Å². The first-order valence-electron chi connectivity index (χ1n) is 8.99. The Morgan fingerprint density at radius 2 is 1.96 bits per heavy atom. The molecule has 1 aliphatic rings. The average molecular weight is 361 g/mol. The molecule has 2 rings (SSSR count). The molecule has 1 heterocycles. The molecular weight excluding hydrogens is 334 g/mol. The van der Waals surface area contributed by atoms with Gasteiger partial charge in [-0.3, -0.25) is 19.3 Å². The molecule has 0 N–H and O–H groups in total. The summed E-state index contributed by atoms with van der Waals surface area (Å²) in [6, 6.07) is 4.95. The summed E-state index contributed by atoms with van der Waals surface area (Å²) >= 11 is 0. The number of amides is 1. The molecule has 0 unspecified atom stereocenters. The van der Waals surface area contributed by atoms with E-state index in [4.69, 9.17) is 9.47 Å². The summed E-state index contributed by atoms with van der Waals surface area (Å²) in [6.07, 6.45) is 1.12. The van der Waals surface area contributed by atoms with Gasteiger partial charge in [0, 0.05) is 12.0 Å². The van der Waals surface area contributed by atoms with Crippen LogP contribution in [0.3, 0.4) is 0 Å². The zero-order valence-electron chi connectivity index (χ0n) is 16.1. The van der Waals surface area contributed by atoms with Gasteiger partial charge < -0.3 is 9.47 Å². The molecule has 6 nitrogen and oxygen atoms in total. The molecule has 1 aromatic rings. The number of Topliss-reactive ketones (excluding diaryl/α,β-unsaturated/α-hetero) is 1. The molecule has 0 radical (unpaired) electrons. The fourth-order valence-corrected chi connectivity index (χ4v) is 2.69. The van der Waals surface area contributed by atoms with Gasteiger partial charge in [-0.05, 0) is 44.4 Å². The van der Waals surface area contributed by atoms with E-state index in [-0.39, 0.29) is 18.2 Å². The van der Waals surface area contributed by atoms with Crippen molar-refractivity contribution in [1.29, 1.82) is 0 Å². The monoisotopic (exact) mass is 361 g/mol. The van der Waals surface area contributed by atoms with Gasteiger partial charge in [-0.2, -0.15) is 0 Å². The van der Waals surface area contributed by atoms with Gasteiger partial charge in [-0.15, -0.1) is 0 Å². The van der Waals surface area contributed by atoms with Crippen LogP contribution in [0.15, 0.2) is 18.2 Å². The number of benzene rings is 1. The molecule has 6 heteroatoms. The van der Waals surface area contributed by atoms with Crippen molar-refractivity contribution in [2.45, 2.75) is 53.1 Å². The lowest BCUT2D eigenvalue weighted by molar-refractivity contribution is -0.144. The van der Waals surface area contributed by atoms with Crippen molar-refractivity contribution < 1.29 is 23.9 Å². The molecule has 0 saturated heterocycles. The van der Waals surface area contributed by atoms with E-state index in [0.717, 1.165) is 6.42 Å². The SMILES string of the molecule is CCC(=O)c1ccc2c(c1)N(CC(=O)OCCC(C)C)C(=O)C(C)(C)O2. The predicted molar refractivity (Wildman–Crippen MR) is 98.5 cm³/mol. The fourth-order valence-electron chi connectivity index (χ4n) is 2.69. The normalized spacial score (nSPS) is 15.5. The zero-order valence-corrected chi connectivity index (χ0v) is 16.1. The number of carbonyl (C=O) groups excluding carboxylic acids is 3. The number of anilines is 1. The highest BCUT2D eigenvalue weighted by atomic mass is 16.5.